The fourth-order valence-electron chi connectivity index (χ4n) is 0.897. The number of amides is 1. The summed E-state index contributed by atoms with van der Waals surface area (Å²) in [6.07, 6.45) is 0. The minimum absolute atomic E-state index is 0.0683. The lowest BCUT2D eigenvalue weighted by atomic mass is 10.3. The van der Waals surface area contributed by atoms with Gasteiger partial charge >= 0.3 is 0 Å². The number of carbonyl (C=O) groups excluding carboxylic acids is 2. The first kappa shape index (κ1) is 12.1. The molecule has 1 amide bonds. The molecular weight excluding hydrogens is 234 g/mol. The van der Waals surface area contributed by atoms with E-state index in [4.69, 9.17) is 11.6 Å². The van der Waals surface area contributed by atoms with Crippen molar-refractivity contribution in [2.75, 3.05) is 11.1 Å². The number of rotatable bonds is 3. The van der Waals surface area contributed by atoms with E-state index in [9.17, 15) is 9.59 Å². The van der Waals surface area contributed by atoms with Crippen molar-refractivity contribution in [2.45, 2.75) is 6.92 Å². The van der Waals surface area contributed by atoms with Crippen molar-refractivity contribution in [3.05, 3.63) is 29.3 Å². The first-order chi connectivity index (χ1) is 7.08. The predicted molar refractivity (Wildman–Crippen MR) is 63.2 cm³/mol. The van der Waals surface area contributed by atoms with Crippen LogP contribution < -0.4 is 5.32 Å². The maximum atomic E-state index is 11.3. The molecule has 0 fully saturated rings. The van der Waals surface area contributed by atoms with E-state index in [2.05, 4.69) is 5.32 Å². The largest absolute Gasteiger partial charge is 0.325 e. The van der Waals surface area contributed by atoms with Crippen LogP contribution >= 0.6 is 23.4 Å². The van der Waals surface area contributed by atoms with E-state index in [1.165, 1.54) is 6.92 Å². The van der Waals surface area contributed by atoms with Gasteiger partial charge < -0.3 is 5.32 Å². The van der Waals surface area contributed by atoms with E-state index < -0.39 is 0 Å². The first-order valence-electron chi connectivity index (χ1n) is 4.26. The zero-order valence-corrected chi connectivity index (χ0v) is 9.69. The van der Waals surface area contributed by atoms with Crippen molar-refractivity contribution in [3.8, 4) is 0 Å². The highest BCUT2D eigenvalue weighted by Gasteiger charge is 2.04. The summed E-state index contributed by atoms with van der Waals surface area (Å²) in [7, 11) is 0. The molecule has 0 atom stereocenters. The molecule has 1 aromatic rings. The van der Waals surface area contributed by atoms with Gasteiger partial charge in [0.2, 0.25) is 5.91 Å². The Balaban J connectivity index is 2.44. The average Bonchev–Trinajstić information content (AvgIpc) is 2.19. The Morgan fingerprint density at radius 3 is 2.47 bits per heavy atom. The van der Waals surface area contributed by atoms with Crippen LogP contribution in [0.4, 0.5) is 5.69 Å². The summed E-state index contributed by atoms with van der Waals surface area (Å²) in [4.78, 5) is 21.9. The van der Waals surface area contributed by atoms with Gasteiger partial charge in [-0.05, 0) is 24.3 Å². The Labute approximate surface area is 97.2 Å². The van der Waals surface area contributed by atoms with Gasteiger partial charge in [0.15, 0.2) is 5.12 Å². The van der Waals surface area contributed by atoms with Gasteiger partial charge in [-0.2, -0.15) is 0 Å². The predicted octanol–water partition coefficient (Wildman–Crippen LogP) is 2.56. The Bertz CT molecular complexity index is 364. The fraction of sp³-hybridized carbons (Fsp3) is 0.200. The van der Waals surface area contributed by atoms with Gasteiger partial charge in [0, 0.05) is 17.6 Å². The quantitative estimate of drug-likeness (QED) is 0.888. The Morgan fingerprint density at radius 2 is 1.93 bits per heavy atom. The van der Waals surface area contributed by atoms with Crippen LogP contribution in [0.5, 0.6) is 0 Å². The molecular formula is C10H10ClNO2S. The highest BCUT2D eigenvalue weighted by molar-refractivity contribution is 8.14. The molecule has 1 N–H and O–H groups in total. The number of hydrogen-bond acceptors (Lipinski definition) is 3. The molecule has 0 aromatic heterocycles. The monoisotopic (exact) mass is 243 g/mol. The van der Waals surface area contributed by atoms with Gasteiger partial charge in [0.1, 0.15) is 0 Å². The molecule has 0 unspecified atom stereocenters. The van der Waals surface area contributed by atoms with Crippen LogP contribution in [0, 0.1) is 0 Å². The Morgan fingerprint density at radius 1 is 1.33 bits per heavy atom. The average molecular weight is 244 g/mol. The number of hydrogen-bond donors (Lipinski definition) is 1. The van der Waals surface area contributed by atoms with E-state index in [0.717, 1.165) is 11.8 Å². The molecule has 0 heterocycles. The Hall–Kier alpha value is -1.00. The SMILES string of the molecule is CC(=O)SCC(=O)Nc1ccc(Cl)cc1. The van der Waals surface area contributed by atoms with E-state index in [1.807, 2.05) is 0 Å². The van der Waals surface area contributed by atoms with Crippen molar-refractivity contribution in [1.29, 1.82) is 0 Å². The van der Waals surface area contributed by atoms with Crippen LogP contribution in [0.25, 0.3) is 0 Å². The van der Waals surface area contributed by atoms with E-state index >= 15 is 0 Å². The number of anilines is 1. The summed E-state index contributed by atoms with van der Waals surface area (Å²) in [5.41, 5.74) is 0.675. The third kappa shape index (κ3) is 4.85. The molecule has 0 aliphatic heterocycles. The van der Waals surface area contributed by atoms with Gasteiger partial charge in [-0.3, -0.25) is 9.59 Å². The molecule has 0 saturated carbocycles. The molecule has 5 heteroatoms. The maximum absolute atomic E-state index is 11.3. The minimum atomic E-state index is -0.197. The van der Waals surface area contributed by atoms with Crippen LogP contribution in [0.3, 0.4) is 0 Å². The molecule has 3 nitrogen and oxygen atoms in total. The zero-order valence-electron chi connectivity index (χ0n) is 8.12. The van der Waals surface area contributed by atoms with Crippen LogP contribution in [0.1, 0.15) is 6.92 Å². The first-order valence-corrected chi connectivity index (χ1v) is 5.63. The van der Waals surface area contributed by atoms with Crippen molar-refractivity contribution in [1.82, 2.24) is 0 Å². The molecule has 0 bridgehead atoms. The lowest BCUT2D eigenvalue weighted by Crippen LogP contribution is -2.14. The van der Waals surface area contributed by atoms with E-state index in [1.54, 1.807) is 24.3 Å². The summed E-state index contributed by atoms with van der Waals surface area (Å²) in [5.74, 6) is -0.0599. The fourth-order valence-corrected chi connectivity index (χ4v) is 1.43. The van der Waals surface area contributed by atoms with E-state index in [-0.39, 0.29) is 16.8 Å². The Kier molecular flexibility index (Phi) is 4.65. The second-order valence-corrected chi connectivity index (χ2v) is 4.42. The molecule has 1 rings (SSSR count). The summed E-state index contributed by atoms with van der Waals surface area (Å²) in [6.45, 7) is 1.43. The normalized spacial score (nSPS) is 9.73. The number of carbonyl (C=O) groups is 2. The van der Waals surface area contributed by atoms with Crippen LogP contribution in [-0.4, -0.2) is 16.8 Å². The smallest absolute Gasteiger partial charge is 0.234 e. The van der Waals surface area contributed by atoms with Gasteiger partial charge in [0.05, 0.1) is 5.75 Å². The van der Waals surface area contributed by atoms with Crippen LogP contribution in [-0.2, 0) is 9.59 Å². The second kappa shape index (κ2) is 5.78. The highest BCUT2D eigenvalue weighted by atomic mass is 35.5. The van der Waals surface area contributed by atoms with Crippen molar-refractivity contribution < 1.29 is 9.59 Å². The molecule has 0 spiro atoms. The molecule has 80 valence electrons. The molecule has 1 aromatic carbocycles. The molecule has 0 saturated heterocycles. The third-order valence-electron chi connectivity index (χ3n) is 1.53. The minimum Gasteiger partial charge on any atom is -0.325 e. The lowest BCUT2D eigenvalue weighted by molar-refractivity contribution is -0.114. The molecule has 0 aliphatic rings. The zero-order chi connectivity index (χ0) is 11.3. The van der Waals surface area contributed by atoms with Gasteiger partial charge in [-0.1, -0.05) is 23.4 Å². The van der Waals surface area contributed by atoms with Crippen molar-refractivity contribution in [3.63, 3.8) is 0 Å². The number of nitrogens with one attached hydrogen (secondary N) is 1. The molecule has 0 aliphatic carbocycles. The summed E-state index contributed by atoms with van der Waals surface area (Å²) in [6, 6.07) is 6.79. The van der Waals surface area contributed by atoms with Gasteiger partial charge in [0.25, 0.3) is 0 Å². The topological polar surface area (TPSA) is 46.2 Å². The maximum Gasteiger partial charge on any atom is 0.234 e. The van der Waals surface area contributed by atoms with Crippen molar-refractivity contribution >= 4 is 40.1 Å². The number of thioether (sulfide) groups is 1. The van der Waals surface area contributed by atoms with Gasteiger partial charge in [-0.25, -0.2) is 0 Å². The number of benzene rings is 1. The molecule has 15 heavy (non-hydrogen) atoms. The van der Waals surface area contributed by atoms with Crippen molar-refractivity contribution in [2.24, 2.45) is 0 Å². The van der Waals surface area contributed by atoms with Crippen LogP contribution in [0.2, 0.25) is 5.02 Å². The summed E-state index contributed by atoms with van der Waals surface area (Å²) in [5, 5.41) is 3.20. The number of halogens is 1. The third-order valence-corrected chi connectivity index (χ3v) is 2.60. The second-order valence-electron chi connectivity index (χ2n) is 2.84. The van der Waals surface area contributed by atoms with Gasteiger partial charge in [-0.15, -0.1) is 0 Å². The van der Waals surface area contributed by atoms with Crippen LogP contribution in [0.15, 0.2) is 24.3 Å². The van der Waals surface area contributed by atoms with E-state index in [0.29, 0.717) is 10.7 Å². The lowest BCUT2D eigenvalue weighted by Gasteiger charge is -2.03. The molecule has 0 radical (unpaired) electrons. The standard InChI is InChI=1S/C10H10ClNO2S/c1-7(13)15-6-10(14)12-9-4-2-8(11)3-5-9/h2-5H,6H2,1H3,(H,12,14). The summed E-state index contributed by atoms with van der Waals surface area (Å²) >= 11 is 6.67. The summed E-state index contributed by atoms with van der Waals surface area (Å²) < 4.78 is 0. The highest BCUT2D eigenvalue weighted by Crippen LogP contribution is 2.13.